The fraction of sp³-hybridized carbons (Fsp3) is 0. The number of rotatable bonds is 6. The van der Waals surface area contributed by atoms with Crippen molar-refractivity contribution >= 4 is 211 Å². The van der Waals surface area contributed by atoms with Crippen molar-refractivity contribution in [1.82, 2.24) is 4.40 Å². The van der Waals surface area contributed by atoms with Crippen LogP contribution in [0.2, 0.25) is 0 Å². The van der Waals surface area contributed by atoms with Gasteiger partial charge in [-0.3, -0.25) is 4.40 Å². The van der Waals surface area contributed by atoms with Crippen molar-refractivity contribution in [3.8, 4) is 0 Å². The maximum atomic E-state index is 6.40. The van der Waals surface area contributed by atoms with Gasteiger partial charge in [0.15, 0.2) is 0 Å². The first-order chi connectivity index (χ1) is 42.1. The first kappa shape index (κ1) is 45.9. The van der Waals surface area contributed by atoms with E-state index in [0.29, 0.717) is 0 Å². The van der Waals surface area contributed by atoms with Crippen molar-refractivity contribution in [2.75, 3.05) is 9.80 Å². The van der Waals surface area contributed by atoms with Gasteiger partial charge in [-0.15, -0.1) is 22.7 Å². The molecule has 0 unspecified atom stereocenters. The Bertz CT molecular complexity index is 6270. The van der Waals surface area contributed by atoms with Gasteiger partial charge in [-0.2, -0.15) is 0 Å². The largest absolute Gasteiger partial charge is 0.456 e. The average Bonchev–Trinajstić information content (AvgIpc) is 2.49. The summed E-state index contributed by atoms with van der Waals surface area (Å²) in [5, 5.41) is 24.6. The van der Waals surface area contributed by atoms with E-state index in [-0.39, 0.29) is 0 Å². The Morgan fingerprint density at radius 3 is 1.16 bits per heavy atom. The van der Waals surface area contributed by atoms with E-state index in [1.54, 1.807) is 0 Å². The van der Waals surface area contributed by atoms with Gasteiger partial charge in [0.05, 0.1) is 5.52 Å². The van der Waals surface area contributed by atoms with Crippen molar-refractivity contribution in [2.24, 2.45) is 0 Å². The molecule has 0 amide bonds. The molecular formula is C78H43N3O2S2. The number of aromatic nitrogens is 1. The zero-order valence-electron chi connectivity index (χ0n) is 45.3. The van der Waals surface area contributed by atoms with Crippen LogP contribution in [0.1, 0.15) is 0 Å². The number of thiophene rings is 2. The Kier molecular flexibility index (Phi) is 9.15. The molecule has 85 heavy (non-hydrogen) atoms. The molecule has 0 saturated carbocycles. The molecule has 0 saturated heterocycles. The van der Waals surface area contributed by atoms with E-state index < -0.39 is 0 Å². The zero-order chi connectivity index (χ0) is 55.2. The average molecular weight is 1120 g/mol. The van der Waals surface area contributed by atoms with Gasteiger partial charge in [-0.05, 0) is 157 Å². The van der Waals surface area contributed by atoms with Crippen molar-refractivity contribution in [3.05, 3.63) is 261 Å². The van der Waals surface area contributed by atoms with Crippen LogP contribution >= 0.6 is 22.7 Å². The fourth-order valence-corrected chi connectivity index (χ4v) is 17.0. The van der Waals surface area contributed by atoms with E-state index in [1.807, 2.05) is 34.8 Å². The van der Waals surface area contributed by atoms with E-state index in [4.69, 9.17) is 8.83 Å². The van der Waals surface area contributed by atoms with Crippen LogP contribution in [0.5, 0.6) is 0 Å². The number of furan rings is 2. The Hall–Kier alpha value is -10.7. The quantitative estimate of drug-likeness (QED) is 0.156. The van der Waals surface area contributed by atoms with Crippen molar-refractivity contribution in [2.45, 2.75) is 0 Å². The summed E-state index contributed by atoms with van der Waals surface area (Å²) in [5.41, 5.74) is 11.4. The highest BCUT2D eigenvalue weighted by atomic mass is 32.1. The second-order valence-corrected chi connectivity index (χ2v) is 24.8. The molecule has 6 aromatic heterocycles. The van der Waals surface area contributed by atoms with Gasteiger partial charge in [-0.1, -0.05) is 158 Å². The molecule has 0 atom stereocenters. The maximum Gasteiger partial charge on any atom is 0.135 e. The molecule has 20 rings (SSSR count). The number of hydrogen-bond acceptors (Lipinski definition) is 6. The Morgan fingerprint density at radius 1 is 0.247 bits per heavy atom. The molecule has 5 nitrogen and oxygen atoms in total. The Labute approximate surface area is 492 Å². The van der Waals surface area contributed by atoms with Gasteiger partial charge in [-0.25, -0.2) is 0 Å². The molecule has 14 aromatic carbocycles. The summed E-state index contributed by atoms with van der Waals surface area (Å²) in [4.78, 5) is 7.41. The van der Waals surface area contributed by atoms with Gasteiger partial charge < -0.3 is 18.6 Å². The van der Waals surface area contributed by atoms with E-state index >= 15 is 0 Å². The van der Waals surface area contributed by atoms with Crippen LogP contribution in [0, 0.1) is 0 Å². The molecule has 394 valence electrons. The Balaban J connectivity index is 0.806. The first-order valence-corrected chi connectivity index (χ1v) is 30.5. The normalized spacial score (nSPS) is 12.5. The lowest BCUT2D eigenvalue weighted by molar-refractivity contribution is 0.668. The van der Waals surface area contributed by atoms with Crippen molar-refractivity contribution in [3.63, 3.8) is 0 Å². The van der Waals surface area contributed by atoms with E-state index in [1.165, 1.54) is 111 Å². The highest BCUT2D eigenvalue weighted by Gasteiger charge is 2.28. The smallest absolute Gasteiger partial charge is 0.135 e. The molecule has 0 aliphatic heterocycles. The number of benzene rings is 14. The summed E-state index contributed by atoms with van der Waals surface area (Å²) >= 11 is 3.81. The van der Waals surface area contributed by atoms with Crippen LogP contribution in [-0.2, 0) is 0 Å². The minimum absolute atomic E-state index is 0.879. The number of nitrogens with zero attached hydrogens (tertiary/aromatic N) is 3. The lowest BCUT2D eigenvalue weighted by Gasteiger charge is -2.26. The predicted molar refractivity (Wildman–Crippen MR) is 363 cm³/mol. The number of anilines is 6. The Morgan fingerprint density at radius 2 is 0.624 bits per heavy atom. The van der Waals surface area contributed by atoms with E-state index in [2.05, 4.69) is 263 Å². The summed E-state index contributed by atoms with van der Waals surface area (Å²) in [7, 11) is 0. The van der Waals surface area contributed by atoms with Gasteiger partial charge in [0.25, 0.3) is 0 Å². The fourth-order valence-electron chi connectivity index (χ4n) is 14.4. The molecule has 7 heteroatoms. The molecule has 0 fully saturated rings. The second-order valence-electron chi connectivity index (χ2n) is 22.7. The van der Waals surface area contributed by atoms with Crippen LogP contribution in [-0.4, -0.2) is 4.40 Å². The van der Waals surface area contributed by atoms with Crippen LogP contribution in [0.15, 0.2) is 270 Å². The minimum atomic E-state index is 0.879. The van der Waals surface area contributed by atoms with Gasteiger partial charge in [0.2, 0.25) is 0 Å². The van der Waals surface area contributed by atoms with Crippen molar-refractivity contribution < 1.29 is 8.83 Å². The molecule has 0 N–H and O–H groups in total. The number of para-hydroxylation sites is 2. The van der Waals surface area contributed by atoms with Crippen LogP contribution in [0.25, 0.3) is 155 Å². The zero-order valence-corrected chi connectivity index (χ0v) is 46.9. The molecule has 0 bridgehead atoms. The summed E-state index contributed by atoms with van der Waals surface area (Å²) in [6, 6.07) is 96.0. The molecule has 0 radical (unpaired) electrons. The molecule has 0 aliphatic rings. The summed E-state index contributed by atoms with van der Waals surface area (Å²) in [6.07, 6.45) is 0. The lowest BCUT2D eigenvalue weighted by Crippen LogP contribution is -2.09. The van der Waals surface area contributed by atoms with Crippen LogP contribution < -0.4 is 9.80 Å². The number of fused-ring (bicyclic) bond motifs is 24. The molecule has 0 aliphatic carbocycles. The predicted octanol–water partition coefficient (Wildman–Crippen LogP) is 23.8. The topological polar surface area (TPSA) is 37.2 Å². The summed E-state index contributed by atoms with van der Waals surface area (Å²) in [6.45, 7) is 0. The maximum absolute atomic E-state index is 6.40. The molecule has 20 aromatic rings. The van der Waals surface area contributed by atoms with E-state index in [0.717, 1.165) is 78.0 Å². The molecule has 0 spiro atoms. The molecule has 6 heterocycles. The monoisotopic (exact) mass is 1120 g/mol. The van der Waals surface area contributed by atoms with Gasteiger partial charge in [0.1, 0.15) is 32.0 Å². The van der Waals surface area contributed by atoms with E-state index in [9.17, 15) is 0 Å². The third-order valence-electron chi connectivity index (χ3n) is 18.2. The third-order valence-corrected chi connectivity index (χ3v) is 20.5. The van der Waals surface area contributed by atoms with Gasteiger partial charge >= 0.3 is 0 Å². The third kappa shape index (κ3) is 6.45. The lowest BCUT2D eigenvalue weighted by atomic mass is 9.99. The summed E-state index contributed by atoms with van der Waals surface area (Å²) in [5.74, 6) is 0. The van der Waals surface area contributed by atoms with Crippen LogP contribution in [0.4, 0.5) is 34.1 Å². The molecular weight excluding hydrogens is 1080 g/mol. The second kappa shape index (κ2) is 17.0. The van der Waals surface area contributed by atoms with Crippen LogP contribution in [0.3, 0.4) is 0 Å². The summed E-state index contributed by atoms with van der Waals surface area (Å²) < 4.78 is 17.9. The highest BCUT2D eigenvalue weighted by Crippen LogP contribution is 2.54. The number of hydrogen-bond donors (Lipinski definition) is 0. The standard InChI is InChI=1S/C78H43N3O2S2/c1-4-14-55-44(11-1)21-23-46-25-27-49(38-62(46)55)79(51-31-35-69-64(40-51)58-17-7-9-19-67(58)82-69)53-29-33-60-71(42-53)84-77-73(60)66-37-48-13-3-6-16-57(48)74-75-61-34-30-54(43-72(61)85-78(75)81(77)76(66)74)80(52-32-36-70-65(41-52)59-18-8-10-20-68(59)83-70)50-28-26-47-24-22-45-12-2-5-15-56(45)63(47)39-50/h1-43H. The minimum Gasteiger partial charge on any atom is -0.456 e. The highest BCUT2D eigenvalue weighted by molar-refractivity contribution is 7.27. The SMILES string of the molecule is c1ccc2c(c1)ccc1ccc(N(c3ccc4c(c3)sc3c4c4cc5ccccc5c5c6c7ccc(N(c8ccc9ccc%10ccccc%10c9c8)c8ccc9oc%10ccccc%10c9c8)cc7sc6n3c45)c3ccc4oc5ccccc5c4c3)cc12. The first-order valence-electron chi connectivity index (χ1n) is 28.9. The van der Waals surface area contributed by atoms with Gasteiger partial charge in [0, 0.05) is 97.4 Å². The van der Waals surface area contributed by atoms with Crippen molar-refractivity contribution in [1.29, 1.82) is 0 Å².